The van der Waals surface area contributed by atoms with Gasteiger partial charge in [0.1, 0.15) is 0 Å². The summed E-state index contributed by atoms with van der Waals surface area (Å²) in [6, 6.07) is 6.77. The van der Waals surface area contributed by atoms with Gasteiger partial charge in [-0.2, -0.15) is 4.31 Å². The van der Waals surface area contributed by atoms with E-state index in [1.165, 1.54) is 4.31 Å². The fourth-order valence-electron chi connectivity index (χ4n) is 2.15. The zero-order valence-corrected chi connectivity index (χ0v) is 12.9. The maximum atomic E-state index is 12.5. The van der Waals surface area contributed by atoms with Crippen molar-refractivity contribution in [3.05, 3.63) is 28.7 Å². The number of halogens is 1. The second-order valence-electron chi connectivity index (χ2n) is 4.54. The Labute approximate surface area is 121 Å². The maximum Gasteiger partial charge on any atom is 0.244 e. The van der Waals surface area contributed by atoms with E-state index in [2.05, 4.69) is 21.1 Å². The molecule has 0 radical (unpaired) electrons. The Morgan fingerprint density at radius 2 is 2.11 bits per heavy atom. The van der Waals surface area contributed by atoms with E-state index in [4.69, 9.17) is 5.21 Å². The van der Waals surface area contributed by atoms with Crippen LogP contribution in [0.5, 0.6) is 0 Å². The molecular weight excluding hydrogens is 332 g/mol. The summed E-state index contributed by atoms with van der Waals surface area (Å²) < 4.78 is 27.1. The Kier molecular flexibility index (Phi) is 4.27. The maximum absolute atomic E-state index is 12.5. The van der Waals surface area contributed by atoms with Gasteiger partial charge in [0.2, 0.25) is 10.0 Å². The van der Waals surface area contributed by atoms with Crippen LogP contribution >= 0.6 is 15.9 Å². The SMILES string of the molecule is CC1CN(S(=O)(=O)c2ccccc2Br)CC/C1=N\O. The van der Waals surface area contributed by atoms with Gasteiger partial charge in [0.25, 0.3) is 0 Å². The van der Waals surface area contributed by atoms with Crippen molar-refractivity contribution in [1.29, 1.82) is 0 Å². The Hall–Kier alpha value is -0.920. The van der Waals surface area contributed by atoms with Crippen LogP contribution in [0.2, 0.25) is 0 Å². The molecule has 1 heterocycles. The van der Waals surface area contributed by atoms with Gasteiger partial charge in [-0.25, -0.2) is 8.42 Å². The lowest BCUT2D eigenvalue weighted by Gasteiger charge is -2.30. The highest BCUT2D eigenvalue weighted by Gasteiger charge is 2.32. The quantitative estimate of drug-likeness (QED) is 0.659. The third-order valence-electron chi connectivity index (χ3n) is 3.25. The molecule has 0 aromatic heterocycles. The number of sulfonamides is 1. The van der Waals surface area contributed by atoms with Gasteiger partial charge in [0.05, 0.1) is 10.6 Å². The summed E-state index contributed by atoms with van der Waals surface area (Å²) >= 11 is 3.27. The summed E-state index contributed by atoms with van der Waals surface area (Å²) in [5.74, 6) is -0.0731. The first kappa shape index (κ1) is 14.5. The molecule has 1 N–H and O–H groups in total. The van der Waals surface area contributed by atoms with Gasteiger partial charge in [-0.05, 0) is 28.1 Å². The highest BCUT2D eigenvalue weighted by molar-refractivity contribution is 9.10. The van der Waals surface area contributed by atoms with Gasteiger partial charge in [0, 0.05) is 29.9 Å². The second-order valence-corrected chi connectivity index (χ2v) is 7.30. The third-order valence-corrected chi connectivity index (χ3v) is 6.12. The van der Waals surface area contributed by atoms with Crippen LogP contribution in [0.3, 0.4) is 0 Å². The van der Waals surface area contributed by atoms with Gasteiger partial charge in [-0.1, -0.05) is 24.2 Å². The Bertz CT molecular complexity index is 601. The van der Waals surface area contributed by atoms with E-state index in [1.54, 1.807) is 24.3 Å². The van der Waals surface area contributed by atoms with Crippen LogP contribution in [0, 0.1) is 5.92 Å². The van der Waals surface area contributed by atoms with E-state index in [0.717, 1.165) is 0 Å². The normalized spacial score (nSPS) is 23.7. The molecule has 0 amide bonds. The molecule has 1 aromatic rings. The fraction of sp³-hybridized carbons (Fsp3) is 0.417. The highest BCUT2D eigenvalue weighted by atomic mass is 79.9. The summed E-state index contributed by atoms with van der Waals surface area (Å²) in [6.07, 6.45) is 0.460. The van der Waals surface area contributed by atoms with Crippen molar-refractivity contribution in [2.75, 3.05) is 13.1 Å². The molecule has 1 unspecified atom stereocenters. The highest BCUT2D eigenvalue weighted by Crippen LogP contribution is 2.27. The van der Waals surface area contributed by atoms with Crippen LogP contribution < -0.4 is 0 Å². The van der Waals surface area contributed by atoms with E-state index in [0.29, 0.717) is 29.7 Å². The predicted octanol–water partition coefficient (Wildman–Crippen LogP) is 2.31. The molecule has 0 aliphatic carbocycles. The van der Waals surface area contributed by atoms with Crippen LogP contribution in [0.1, 0.15) is 13.3 Å². The number of oxime groups is 1. The molecule has 19 heavy (non-hydrogen) atoms. The minimum atomic E-state index is -3.51. The van der Waals surface area contributed by atoms with Crippen LogP contribution in [0.15, 0.2) is 38.8 Å². The number of piperidine rings is 1. The Balaban J connectivity index is 2.30. The second kappa shape index (κ2) is 5.60. The molecule has 1 aliphatic heterocycles. The molecule has 1 atom stereocenters. The topological polar surface area (TPSA) is 70.0 Å². The van der Waals surface area contributed by atoms with Gasteiger partial charge < -0.3 is 5.21 Å². The number of benzene rings is 1. The monoisotopic (exact) mass is 346 g/mol. The Morgan fingerprint density at radius 1 is 1.42 bits per heavy atom. The van der Waals surface area contributed by atoms with Crippen molar-refractivity contribution in [2.24, 2.45) is 11.1 Å². The molecule has 0 spiro atoms. The number of hydrogen-bond donors (Lipinski definition) is 1. The molecule has 1 saturated heterocycles. The van der Waals surface area contributed by atoms with Gasteiger partial charge >= 0.3 is 0 Å². The first-order valence-corrected chi connectivity index (χ1v) is 8.15. The summed E-state index contributed by atoms with van der Waals surface area (Å²) in [5.41, 5.74) is 0.651. The number of hydrogen-bond acceptors (Lipinski definition) is 4. The van der Waals surface area contributed by atoms with E-state index in [1.807, 2.05) is 6.92 Å². The fourth-order valence-corrected chi connectivity index (χ4v) is 4.64. The van der Waals surface area contributed by atoms with Crippen molar-refractivity contribution in [3.63, 3.8) is 0 Å². The van der Waals surface area contributed by atoms with Crippen LogP contribution in [0.25, 0.3) is 0 Å². The first-order valence-electron chi connectivity index (χ1n) is 5.92. The van der Waals surface area contributed by atoms with Crippen molar-refractivity contribution >= 4 is 31.7 Å². The molecule has 104 valence electrons. The van der Waals surface area contributed by atoms with Crippen LogP contribution in [-0.4, -0.2) is 36.7 Å². The molecule has 7 heteroatoms. The summed E-state index contributed by atoms with van der Waals surface area (Å²) in [7, 11) is -3.51. The van der Waals surface area contributed by atoms with E-state index >= 15 is 0 Å². The molecule has 1 aliphatic rings. The lowest BCUT2D eigenvalue weighted by molar-refractivity contribution is 0.300. The predicted molar refractivity (Wildman–Crippen MR) is 75.9 cm³/mol. The molecule has 1 fully saturated rings. The smallest absolute Gasteiger partial charge is 0.244 e. The molecule has 0 saturated carbocycles. The lowest BCUT2D eigenvalue weighted by atomic mass is 10.00. The summed E-state index contributed by atoms with van der Waals surface area (Å²) in [4.78, 5) is 0.270. The standard InChI is InChI=1S/C12H15BrN2O3S/c1-9-8-15(7-6-11(9)14-16)19(17,18)12-5-3-2-4-10(12)13/h2-5,9,16H,6-8H2,1H3/b14-11+. The molecular formula is C12H15BrN2O3S. The van der Waals surface area contributed by atoms with Crippen molar-refractivity contribution in [2.45, 2.75) is 18.2 Å². The van der Waals surface area contributed by atoms with Gasteiger partial charge in [-0.3, -0.25) is 0 Å². The number of rotatable bonds is 2. The Morgan fingerprint density at radius 3 is 2.68 bits per heavy atom. The average Bonchev–Trinajstić information content (AvgIpc) is 2.39. The first-order chi connectivity index (χ1) is 8.96. The minimum Gasteiger partial charge on any atom is -0.411 e. The van der Waals surface area contributed by atoms with Gasteiger partial charge in [0.15, 0.2) is 0 Å². The van der Waals surface area contributed by atoms with Crippen molar-refractivity contribution in [3.8, 4) is 0 Å². The molecule has 0 bridgehead atoms. The molecule has 2 rings (SSSR count). The third kappa shape index (κ3) is 2.82. The van der Waals surface area contributed by atoms with Gasteiger partial charge in [-0.15, -0.1) is 0 Å². The van der Waals surface area contributed by atoms with E-state index in [9.17, 15) is 8.42 Å². The van der Waals surface area contributed by atoms with Crippen molar-refractivity contribution < 1.29 is 13.6 Å². The molecule has 5 nitrogen and oxygen atoms in total. The van der Waals surface area contributed by atoms with Crippen molar-refractivity contribution in [1.82, 2.24) is 4.31 Å². The minimum absolute atomic E-state index is 0.0731. The zero-order valence-electron chi connectivity index (χ0n) is 10.5. The lowest BCUT2D eigenvalue weighted by Crippen LogP contribution is -2.43. The van der Waals surface area contributed by atoms with E-state index < -0.39 is 10.0 Å². The molecule has 1 aromatic carbocycles. The largest absolute Gasteiger partial charge is 0.411 e. The number of nitrogens with zero attached hydrogens (tertiary/aromatic N) is 2. The van der Waals surface area contributed by atoms with Crippen LogP contribution in [0.4, 0.5) is 0 Å². The summed E-state index contributed by atoms with van der Waals surface area (Å²) in [6.45, 7) is 2.53. The summed E-state index contributed by atoms with van der Waals surface area (Å²) in [5, 5.41) is 12.0. The zero-order chi connectivity index (χ0) is 14.0. The van der Waals surface area contributed by atoms with E-state index in [-0.39, 0.29) is 10.8 Å². The average molecular weight is 347 g/mol. The van der Waals surface area contributed by atoms with Crippen LogP contribution in [-0.2, 0) is 10.0 Å².